The van der Waals surface area contributed by atoms with Crippen LogP contribution in [0.2, 0.25) is 0 Å². The van der Waals surface area contributed by atoms with Gasteiger partial charge >= 0.3 is 0 Å². The number of ether oxygens (including phenoxy) is 1. The quantitative estimate of drug-likeness (QED) is 0.879. The molecule has 0 saturated carbocycles. The summed E-state index contributed by atoms with van der Waals surface area (Å²) < 4.78 is 9.42. The van der Waals surface area contributed by atoms with Gasteiger partial charge in [-0.05, 0) is 43.6 Å². The van der Waals surface area contributed by atoms with E-state index in [9.17, 15) is 0 Å². The summed E-state index contributed by atoms with van der Waals surface area (Å²) in [5.41, 5.74) is 1.82. The van der Waals surface area contributed by atoms with Gasteiger partial charge in [-0.25, -0.2) is 0 Å². The molecule has 0 bridgehead atoms. The fourth-order valence-electron chi connectivity index (χ4n) is 1.90. The first kappa shape index (κ1) is 13.9. The fourth-order valence-corrected chi connectivity index (χ4v) is 2.62. The predicted molar refractivity (Wildman–Crippen MR) is 75.6 cm³/mol. The number of methoxy groups -OCH3 is 1. The first-order chi connectivity index (χ1) is 9.27. The zero-order valence-corrected chi connectivity index (χ0v) is 12.2. The van der Waals surface area contributed by atoms with E-state index >= 15 is 0 Å². The van der Waals surface area contributed by atoms with Gasteiger partial charge in [-0.3, -0.25) is 4.98 Å². The number of hydrogen-bond donors (Lipinski definition) is 1. The van der Waals surface area contributed by atoms with Crippen molar-refractivity contribution in [2.75, 3.05) is 13.7 Å². The lowest BCUT2D eigenvalue weighted by Crippen LogP contribution is -2.24. The summed E-state index contributed by atoms with van der Waals surface area (Å²) in [7, 11) is 1.66. The molecule has 2 aromatic rings. The maximum Gasteiger partial charge on any atom is 0.142 e. The molecule has 0 aliphatic heterocycles. The van der Waals surface area contributed by atoms with E-state index < -0.39 is 0 Å². The lowest BCUT2D eigenvalue weighted by atomic mass is 10.1. The standard InChI is InChI=1S/C13H18N4OS/c1-4-7-14-12(13-9(2)16-17-19-13)11-10(18-3)6-5-8-15-11/h5-6,8,12,14H,4,7H2,1-3H3. The molecular formula is C13H18N4OS. The van der Waals surface area contributed by atoms with Crippen LogP contribution in [0.15, 0.2) is 18.3 Å². The van der Waals surface area contributed by atoms with Gasteiger partial charge in [0.15, 0.2) is 0 Å². The third-order valence-corrected chi connectivity index (χ3v) is 3.73. The zero-order valence-electron chi connectivity index (χ0n) is 11.4. The molecular weight excluding hydrogens is 260 g/mol. The molecule has 6 heteroatoms. The molecule has 0 saturated heterocycles. The van der Waals surface area contributed by atoms with Gasteiger partial charge in [0.1, 0.15) is 11.4 Å². The Morgan fingerprint density at radius 2 is 2.32 bits per heavy atom. The topological polar surface area (TPSA) is 59.9 Å². The molecule has 2 heterocycles. The molecule has 0 aliphatic rings. The van der Waals surface area contributed by atoms with Crippen LogP contribution in [0.25, 0.3) is 0 Å². The van der Waals surface area contributed by atoms with Crippen molar-refractivity contribution in [1.29, 1.82) is 0 Å². The second kappa shape index (κ2) is 6.58. The average molecular weight is 278 g/mol. The summed E-state index contributed by atoms with van der Waals surface area (Å²) in [6.45, 7) is 5.01. The van der Waals surface area contributed by atoms with E-state index in [1.54, 1.807) is 13.3 Å². The van der Waals surface area contributed by atoms with Crippen LogP contribution in [0, 0.1) is 6.92 Å². The maximum absolute atomic E-state index is 5.41. The van der Waals surface area contributed by atoms with E-state index in [0.29, 0.717) is 0 Å². The molecule has 0 aromatic carbocycles. The van der Waals surface area contributed by atoms with Crippen molar-refractivity contribution in [2.45, 2.75) is 26.3 Å². The van der Waals surface area contributed by atoms with Gasteiger partial charge in [-0.15, -0.1) is 5.10 Å². The minimum absolute atomic E-state index is 0.0175. The Hall–Kier alpha value is -1.53. The highest BCUT2D eigenvalue weighted by molar-refractivity contribution is 7.05. The van der Waals surface area contributed by atoms with Crippen molar-refractivity contribution < 1.29 is 4.74 Å². The minimum Gasteiger partial charge on any atom is -0.495 e. The molecule has 102 valence electrons. The normalized spacial score (nSPS) is 12.4. The van der Waals surface area contributed by atoms with Crippen LogP contribution in [-0.4, -0.2) is 28.2 Å². The Kier molecular flexibility index (Phi) is 4.81. The van der Waals surface area contributed by atoms with Gasteiger partial charge in [0.2, 0.25) is 0 Å². The van der Waals surface area contributed by atoms with Crippen molar-refractivity contribution >= 4 is 11.5 Å². The molecule has 2 rings (SSSR count). The molecule has 0 fully saturated rings. The van der Waals surface area contributed by atoms with Crippen molar-refractivity contribution in [3.8, 4) is 5.75 Å². The van der Waals surface area contributed by atoms with Crippen LogP contribution in [0.4, 0.5) is 0 Å². The third kappa shape index (κ3) is 3.08. The zero-order chi connectivity index (χ0) is 13.7. The summed E-state index contributed by atoms with van der Waals surface area (Å²) in [4.78, 5) is 5.55. The number of nitrogens with one attached hydrogen (secondary N) is 1. The number of hydrogen-bond acceptors (Lipinski definition) is 6. The average Bonchev–Trinajstić information content (AvgIpc) is 2.86. The van der Waals surface area contributed by atoms with Gasteiger partial charge in [0.05, 0.1) is 23.7 Å². The predicted octanol–water partition coefficient (Wildman–Crippen LogP) is 2.34. The highest BCUT2D eigenvalue weighted by Gasteiger charge is 2.23. The van der Waals surface area contributed by atoms with Crippen molar-refractivity contribution in [1.82, 2.24) is 19.9 Å². The SMILES string of the molecule is CCCNC(c1ncccc1OC)c1snnc1C. The third-order valence-electron chi connectivity index (χ3n) is 2.84. The van der Waals surface area contributed by atoms with E-state index in [2.05, 4.69) is 26.8 Å². The maximum atomic E-state index is 5.41. The van der Waals surface area contributed by atoms with Gasteiger partial charge in [-0.1, -0.05) is 11.4 Å². The monoisotopic (exact) mass is 278 g/mol. The highest BCUT2D eigenvalue weighted by Crippen LogP contribution is 2.30. The van der Waals surface area contributed by atoms with Crippen LogP contribution >= 0.6 is 11.5 Å². The van der Waals surface area contributed by atoms with Crippen LogP contribution in [0.5, 0.6) is 5.75 Å². The Bertz CT molecular complexity index is 529. The van der Waals surface area contributed by atoms with Crippen LogP contribution < -0.4 is 10.1 Å². The molecule has 1 unspecified atom stereocenters. The van der Waals surface area contributed by atoms with Crippen molar-refractivity contribution in [3.63, 3.8) is 0 Å². The van der Waals surface area contributed by atoms with E-state index in [4.69, 9.17) is 4.74 Å². The number of aromatic nitrogens is 3. The lowest BCUT2D eigenvalue weighted by Gasteiger charge is -2.18. The number of aryl methyl sites for hydroxylation is 1. The largest absolute Gasteiger partial charge is 0.495 e. The molecule has 0 aliphatic carbocycles. The molecule has 0 radical (unpaired) electrons. The van der Waals surface area contributed by atoms with E-state index in [1.165, 1.54) is 11.5 Å². The Morgan fingerprint density at radius 3 is 2.95 bits per heavy atom. The van der Waals surface area contributed by atoms with E-state index in [1.807, 2.05) is 19.1 Å². The molecule has 19 heavy (non-hydrogen) atoms. The second-order valence-corrected chi connectivity index (χ2v) is 4.99. The Balaban J connectivity index is 2.40. The van der Waals surface area contributed by atoms with Crippen LogP contribution in [0.1, 0.15) is 35.7 Å². The van der Waals surface area contributed by atoms with Crippen LogP contribution in [0.3, 0.4) is 0 Å². The Labute approximate surface area is 117 Å². The molecule has 2 aromatic heterocycles. The van der Waals surface area contributed by atoms with Gasteiger partial charge in [0, 0.05) is 6.20 Å². The summed E-state index contributed by atoms with van der Waals surface area (Å²) in [5.74, 6) is 0.781. The fraction of sp³-hybridized carbons (Fsp3) is 0.462. The summed E-state index contributed by atoms with van der Waals surface area (Å²) in [5, 5.41) is 7.58. The molecule has 1 N–H and O–H groups in total. The first-order valence-electron chi connectivity index (χ1n) is 6.29. The van der Waals surface area contributed by atoms with Crippen molar-refractivity contribution in [3.05, 3.63) is 34.6 Å². The number of pyridine rings is 1. The minimum atomic E-state index is -0.0175. The molecule has 5 nitrogen and oxygen atoms in total. The molecule has 1 atom stereocenters. The first-order valence-corrected chi connectivity index (χ1v) is 7.06. The second-order valence-electron chi connectivity index (χ2n) is 4.20. The van der Waals surface area contributed by atoms with Gasteiger partial charge < -0.3 is 10.1 Å². The van der Waals surface area contributed by atoms with Crippen LogP contribution in [-0.2, 0) is 0 Å². The summed E-state index contributed by atoms with van der Waals surface area (Å²) >= 11 is 1.40. The summed E-state index contributed by atoms with van der Waals surface area (Å²) in [6, 6.07) is 3.78. The smallest absolute Gasteiger partial charge is 0.142 e. The van der Waals surface area contributed by atoms with E-state index in [-0.39, 0.29) is 6.04 Å². The molecule has 0 amide bonds. The van der Waals surface area contributed by atoms with Gasteiger partial charge in [-0.2, -0.15) is 0 Å². The highest BCUT2D eigenvalue weighted by atomic mass is 32.1. The number of rotatable bonds is 6. The van der Waals surface area contributed by atoms with E-state index in [0.717, 1.165) is 35.0 Å². The lowest BCUT2D eigenvalue weighted by molar-refractivity contribution is 0.400. The Morgan fingerprint density at radius 1 is 1.47 bits per heavy atom. The van der Waals surface area contributed by atoms with Gasteiger partial charge in [0.25, 0.3) is 0 Å². The summed E-state index contributed by atoms with van der Waals surface area (Å²) in [6.07, 6.45) is 2.83. The molecule has 0 spiro atoms. The number of nitrogens with zero attached hydrogens (tertiary/aromatic N) is 3. The van der Waals surface area contributed by atoms with Crippen molar-refractivity contribution in [2.24, 2.45) is 0 Å².